The van der Waals surface area contributed by atoms with Crippen LogP contribution in [0.15, 0.2) is 0 Å². The fourth-order valence-electron chi connectivity index (χ4n) is 3.49. The lowest BCUT2D eigenvalue weighted by molar-refractivity contribution is -0.187. The quantitative estimate of drug-likeness (QED) is 0.727. The summed E-state index contributed by atoms with van der Waals surface area (Å²) in [6.45, 7) is 1.16. The molecule has 128 valence electrons. The van der Waals surface area contributed by atoms with Gasteiger partial charge in [0.15, 0.2) is 5.79 Å². The minimum Gasteiger partial charge on any atom is -0.469 e. The Kier molecular flexibility index (Phi) is 5.71. The van der Waals surface area contributed by atoms with Gasteiger partial charge in [0.25, 0.3) is 0 Å². The summed E-state index contributed by atoms with van der Waals surface area (Å²) in [5, 5.41) is 0. The standard InChI is InChI=1S/C15H23F3O4/c1-20-13(19)12(3-2-6-15(16,17)18)11-4-7-14(8-5-11)21-9-10-22-14/h11-12H,2-10H2,1H3. The first-order valence-electron chi connectivity index (χ1n) is 7.78. The van der Waals surface area contributed by atoms with Crippen LogP contribution in [0.25, 0.3) is 0 Å². The van der Waals surface area contributed by atoms with Crippen molar-refractivity contribution in [2.75, 3.05) is 20.3 Å². The summed E-state index contributed by atoms with van der Waals surface area (Å²) in [5.74, 6) is -1.36. The van der Waals surface area contributed by atoms with E-state index in [9.17, 15) is 18.0 Å². The number of ether oxygens (including phenoxy) is 3. The van der Waals surface area contributed by atoms with Crippen LogP contribution < -0.4 is 0 Å². The maximum absolute atomic E-state index is 12.3. The summed E-state index contributed by atoms with van der Waals surface area (Å²) in [6.07, 6.45) is -2.07. The average molecular weight is 324 g/mol. The van der Waals surface area contributed by atoms with E-state index in [0.717, 1.165) is 0 Å². The Bertz CT molecular complexity index is 367. The van der Waals surface area contributed by atoms with Crippen LogP contribution in [-0.2, 0) is 19.0 Å². The molecule has 0 aromatic rings. The molecule has 1 saturated carbocycles. The number of hydrogen-bond donors (Lipinski definition) is 0. The van der Waals surface area contributed by atoms with Crippen LogP contribution in [0.4, 0.5) is 13.2 Å². The molecule has 0 amide bonds. The number of carbonyl (C=O) groups excluding carboxylic acids is 1. The molecule has 1 aliphatic carbocycles. The normalized spacial score (nSPS) is 23.6. The highest BCUT2D eigenvalue weighted by Crippen LogP contribution is 2.42. The third-order valence-corrected chi connectivity index (χ3v) is 4.65. The molecule has 1 aliphatic heterocycles. The molecule has 2 rings (SSSR count). The smallest absolute Gasteiger partial charge is 0.389 e. The molecule has 0 aromatic heterocycles. The first kappa shape index (κ1) is 17.5. The third-order valence-electron chi connectivity index (χ3n) is 4.65. The van der Waals surface area contributed by atoms with Gasteiger partial charge in [0.1, 0.15) is 0 Å². The predicted octanol–water partition coefficient (Wildman–Crippen LogP) is 3.44. The summed E-state index contributed by atoms with van der Waals surface area (Å²) in [4.78, 5) is 11.9. The van der Waals surface area contributed by atoms with Crippen LogP contribution in [0.1, 0.15) is 44.9 Å². The third kappa shape index (κ3) is 4.59. The summed E-state index contributed by atoms with van der Waals surface area (Å²) in [5.41, 5.74) is 0. The van der Waals surface area contributed by atoms with E-state index in [-0.39, 0.29) is 18.8 Å². The molecular weight excluding hydrogens is 301 g/mol. The molecule has 2 fully saturated rings. The molecule has 2 aliphatic rings. The lowest BCUT2D eigenvalue weighted by atomic mass is 9.75. The van der Waals surface area contributed by atoms with E-state index < -0.39 is 30.3 Å². The highest BCUT2D eigenvalue weighted by atomic mass is 19.4. The van der Waals surface area contributed by atoms with Crippen molar-refractivity contribution >= 4 is 5.97 Å². The first-order chi connectivity index (χ1) is 10.4. The number of halogens is 3. The number of carbonyl (C=O) groups is 1. The highest BCUT2D eigenvalue weighted by molar-refractivity contribution is 5.72. The van der Waals surface area contributed by atoms with Gasteiger partial charge in [-0.1, -0.05) is 0 Å². The molecule has 22 heavy (non-hydrogen) atoms. The van der Waals surface area contributed by atoms with Crippen molar-refractivity contribution in [2.24, 2.45) is 11.8 Å². The van der Waals surface area contributed by atoms with Crippen molar-refractivity contribution in [3.8, 4) is 0 Å². The topological polar surface area (TPSA) is 44.8 Å². The monoisotopic (exact) mass is 324 g/mol. The zero-order chi connectivity index (χ0) is 16.2. The van der Waals surface area contributed by atoms with E-state index >= 15 is 0 Å². The maximum atomic E-state index is 12.3. The van der Waals surface area contributed by atoms with E-state index in [4.69, 9.17) is 14.2 Å². The number of rotatable bonds is 5. The van der Waals surface area contributed by atoms with Crippen LogP contribution in [0.3, 0.4) is 0 Å². The zero-order valence-electron chi connectivity index (χ0n) is 12.8. The van der Waals surface area contributed by atoms with Crippen LogP contribution in [0.5, 0.6) is 0 Å². The summed E-state index contributed by atoms with van der Waals surface area (Å²) in [6, 6.07) is 0. The van der Waals surface area contributed by atoms with Crippen molar-refractivity contribution in [3.63, 3.8) is 0 Å². The molecule has 1 heterocycles. The Morgan fingerprint density at radius 1 is 1.27 bits per heavy atom. The molecule has 4 nitrogen and oxygen atoms in total. The van der Waals surface area contributed by atoms with E-state index in [2.05, 4.69) is 0 Å². The lowest BCUT2D eigenvalue weighted by Gasteiger charge is -2.37. The second-order valence-corrected chi connectivity index (χ2v) is 6.08. The lowest BCUT2D eigenvalue weighted by Crippen LogP contribution is -2.38. The van der Waals surface area contributed by atoms with Crippen molar-refractivity contribution in [1.82, 2.24) is 0 Å². The largest absolute Gasteiger partial charge is 0.469 e. The van der Waals surface area contributed by atoms with Gasteiger partial charge in [-0.05, 0) is 31.6 Å². The van der Waals surface area contributed by atoms with E-state index in [1.807, 2.05) is 0 Å². The second-order valence-electron chi connectivity index (χ2n) is 6.08. The van der Waals surface area contributed by atoms with E-state index in [0.29, 0.717) is 38.9 Å². The van der Waals surface area contributed by atoms with Crippen molar-refractivity contribution < 1.29 is 32.2 Å². The van der Waals surface area contributed by atoms with Crippen LogP contribution in [0.2, 0.25) is 0 Å². The molecule has 7 heteroatoms. The minimum absolute atomic E-state index is 0.0408. The van der Waals surface area contributed by atoms with Gasteiger partial charge in [0.05, 0.1) is 26.2 Å². The Morgan fingerprint density at radius 3 is 2.36 bits per heavy atom. The summed E-state index contributed by atoms with van der Waals surface area (Å²) >= 11 is 0. The van der Waals surface area contributed by atoms with Crippen molar-refractivity contribution in [1.29, 1.82) is 0 Å². The number of esters is 1. The average Bonchev–Trinajstić information content (AvgIpc) is 2.91. The molecule has 0 N–H and O–H groups in total. The van der Waals surface area contributed by atoms with Gasteiger partial charge < -0.3 is 14.2 Å². The molecule has 1 unspecified atom stereocenters. The van der Waals surface area contributed by atoms with Crippen LogP contribution in [0, 0.1) is 11.8 Å². The van der Waals surface area contributed by atoms with Gasteiger partial charge in [-0.15, -0.1) is 0 Å². The SMILES string of the molecule is COC(=O)C(CCCC(F)(F)F)C1CCC2(CC1)OCCO2. The van der Waals surface area contributed by atoms with Gasteiger partial charge in [0, 0.05) is 19.3 Å². The number of methoxy groups -OCH3 is 1. The van der Waals surface area contributed by atoms with Crippen molar-refractivity contribution in [2.45, 2.75) is 56.9 Å². The first-order valence-corrected chi connectivity index (χ1v) is 7.78. The minimum atomic E-state index is -4.18. The van der Waals surface area contributed by atoms with E-state index in [1.54, 1.807) is 0 Å². The molecule has 1 atom stereocenters. The Hall–Kier alpha value is -0.820. The summed E-state index contributed by atoms with van der Waals surface area (Å²) in [7, 11) is 1.28. The molecule has 1 saturated heterocycles. The van der Waals surface area contributed by atoms with Crippen LogP contribution >= 0.6 is 0 Å². The highest BCUT2D eigenvalue weighted by Gasteiger charge is 2.43. The number of alkyl halides is 3. The van der Waals surface area contributed by atoms with Gasteiger partial charge >= 0.3 is 12.1 Å². The van der Waals surface area contributed by atoms with Gasteiger partial charge in [-0.2, -0.15) is 13.2 Å². The maximum Gasteiger partial charge on any atom is 0.389 e. The fourth-order valence-corrected chi connectivity index (χ4v) is 3.49. The number of hydrogen-bond acceptors (Lipinski definition) is 4. The predicted molar refractivity (Wildman–Crippen MR) is 72.0 cm³/mol. The summed E-state index contributed by atoms with van der Waals surface area (Å²) < 4.78 is 52.9. The molecule has 0 radical (unpaired) electrons. The van der Waals surface area contributed by atoms with Gasteiger partial charge in [-0.3, -0.25) is 4.79 Å². The van der Waals surface area contributed by atoms with Crippen LogP contribution in [-0.4, -0.2) is 38.3 Å². The Morgan fingerprint density at radius 2 is 1.86 bits per heavy atom. The van der Waals surface area contributed by atoms with Crippen molar-refractivity contribution in [3.05, 3.63) is 0 Å². The van der Waals surface area contributed by atoms with E-state index in [1.165, 1.54) is 7.11 Å². The Balaban J connectivity index is 1.88. The fraction of sp³-hybridized carbons (Fsp3) is 0.933. The molecule has 1 spiro atoms. The zero-order valence-corrected chi connectivity index (χ0v) is 12.8. The second kappa shape index (κ2) is 7.17. The Labute approximate surface area is 128 Å². The molecule has 0 aromatic carbocycles. The van der Waals surface area contributed by atoms with Gasteiger partial charge in [0.2, 0.25) is 0 Å². The van der Waals surface area contributed by atoms with Gasteiger partial charge in [-0.25, -0.2) is 0 Å². The molecule has 0 bridgehead atoms. The molecular formula is C15H23F3O4.